The minimum atomic E-state index is -0.761. The summed E-state index contributed by atoms with van der Waals surface area (Å²) in [5, 5.41) is 15.1. The molecule has 6 heteroatoms. The zero-order chi connectivity index (χ0) is 16.8. The molecule has 0 aromatic carbocycles. The lowest BCUT2D eigenvalue weighted by molar-refractivity contribution is -0.137. The first-order valence-corrected chi connectivity index (χ1v) is 8.12. The number of ether oxygens (including phenoxy) is 1. The van der Waals surface area contributed by atoms with Crippen LogP contribution >= 0.6 is 0 Å². The van der Waals surface area contributed by atoms with Crippen molar-refractivity contribution < 1.29 is 19.4 Å². The number of rotatable bonds is 7. The second kappa shape index (κ2) is 8.36. The van der Waals surface area contributed by atoms with Gasteiger partial charge in [-0.2, -0.15) is 0 Å². The van der Waals surface area contributed by atoms with Gasteiger partial charge >= 0.3 is 12.1 Å². The molecule has 1 saturated carbocycles. The van der Waals surface area contributed by atoms with E-state index in [1.165, 1.54) is 0 Å². The van der Waals surface area contributed by atoms with Gasteiger partial charge in [0.1, 0.15) is 5.60 Å². The number of carboxylic acids is 1. The smallest absolute Gasteiger partial charge is 0.407 e. The highest BCUT2D eigenvalue weighted by molar-refractivity contribution is 5.67. The fraction of sp³-hybridized carbons (Fsp3) is 0.875. The van der Waals surface area contributed by atoms with Crippen molar-refractivity contribution in [3.8, 4) is 0 Å². The van der Waals surface area contributed by atoms with Crippen LogP contribution in [-0.4, -0.2) is 41.4 Å². The normalized spacial score (nSPS) is 23.1. The number of amides is 1. The van der Waals surface area contributed by atoms with E-state index < -0.39 is 11.6 Å². The third-order valence-electron chi connectivity index (χ3n) is 3.86. The van der Waals surface area contributed by atoms with Crippen LogP contribution in [0, 0.1) is 5.92 Å². The summed E-state index contributed by atoms with van der Waals surface area (Å²) in [6, 6.07) is 0.502. The van der Waals surface area contributed by atoms with Gasteiger partial charge in [0, 0.05) is 25.0 Å². The lowest BCUT2D eigenvalue weighted by Crippen LogP contribution is -2.44. The molecule has 1 amide bonds. The van der Waals surface area contributed by atoms with E-state index in [-0.39, 0.29) is 18.6 Å². The molecule has 3 atom stereocenters. The van der Waals surface area contributed by atoms with Gasteiger partial charge in [0.15, 0.2) is 0 Å². The van der Waals surface area contributed by atoms with Crippen LogP contribution < -0.4 is 10.6 Å². The van der Waals surface area contributed by atoms with Crippen LogP contribution in [0.1, 0.15) is 59.8 Å². The van der Waals surface area contributed by atoms with Crippen molar-refractivity contribution in [2.75, 3.05) is 6.54 Å². The van der Waals surface area contributed by atoms with Crippen LogP contribution in [0.5, 0.6) is 0 Å². The van der Waals surface area contributed by atoms with Gasteiger partial charge < -0.3 is 20.5 Å². The summed E-state index contributed by atoms with van der Waals surface area (Å²) < 4.78 is 5.24. The standard InChI is InChI=1S/C16H30N2O4/c1-11(8-9-14(19)20)18-13-7-5-6-12(13)10-17-15(21)22-16(2,3)4/h11-13,18H,5-10H2,1-4H3,(H,17,21)(H,19,20). The number of alkyl carbamates (subject to hydrolysis) is 1. The van der Waals surface area contributed by atoms with Gasteiger partial charge in [-0.3, -0.25) is 4.79 Å². The highest BCUT2D eigenvalue weighted by Gasteiger charge is 2.29. The van der Waals surface area contributed by atoms with Crippen LogP contribution in [0.15, 0.2) is 0 Å². The number of hydrogen-bond acceptors (Lipinski definition) is 4. The van der Waals surface area contributed by atoms with Crippen molar-refractivity contribution >= 4 is 12.1 Å². The zero-order valence-corrected chi connectivity index (χ0v) is 14.1. The van der Waals surface area contributed by atoms with Crippen molar-refractivity contribution in [3.63, 3.8) is 0 Å². The number of carboxylic acid groups (broad SMARTS) is 1. The minimum Gasteiger partial charge on any atom is -0.481 e. The SMILES string of the molecule is CC(CCC(=O)O)NC1CCCC1CNC(=O)OC(C)(C)C. The van der Waals surface area contributed by atoms with Crippen LogP contribution in [-0.2, 0) is 9.53 Å². The molecule has 3 unspecified atom stereocenters. The predicted molar refractivity (Wildman–Crippen MR) is 84.8 cm³/mol. The first kappa shape index (κ1) is 18.7. The van der Waals surface area contributed by atoms with E-state index in [4.69, 9.17) is 9.84 Å². The third kappa shape index (κ3) is 7.64. The number of hydrogen-bond donors (Lipinski definition) is 3. The Morgan fingerprint density at radius 1 is 1.32 bits per heavy atom. The Balaban J connectivity index is 2.33. The van der Waals surface area contributed by atoms with E-state index in [1.807, 2.05) is 27.7 Å². The molecular formula is C16H30N2O4. The minimum absolute atomic E-state index is 0.170. The maximum atomic E-state index is 11.7. The average Bonchev–Trinajstić information content (AvgIpc) is 2.79. The van der Waals surface area contributed by atoms with Crippen molar-refractivity contribution in [1.82, 2.24) is 10.6 Å². The third-order valence-corrected chi connectivity index (χ3v) is 3.86. The van der Waals surface area contributed by atoms with E-state index in [0.717, 1.165) is 19.3 Å². The molecular weight excluding hydrogens is 284 g/mol. The van der Waals surface area contributed by atoms with Gasteiger partial charge in [0.2, 0.25) is 0 Å². The molecule has 6 nitrogen and oxygen atoms in total. The van der Waals surface area contributed by atoms with Crippen molar-refractivity contribution in [1.29, 1.82) is 0 Å². The summed E-state index contributed by atoms with van der Waals surface area (Å²) >= 11 is 0. The topological polar surface area (TPSA) is 87.7 Å². The molecule has 1 aliphatic carbocycles. The second-order valence-corrected chi connectivity index (χ2v) is 7.18. The van der Waals surface area contributed by atoms with Crippen LogP contribution in [0.25, 0.3) is 0 Å². The Morgan fingerprint density at radius 2 is 2.00 bits per heavy atom. The van der Waals surface area contributed by atoms with Gasteiger partial charge in [-0.15, -0.1) is 0 Å². The summed E-state index contributed by atoms with van der Waals surface area (Å²) in [6.45, 7) is 8.14. The predicted octanol–water partition coefficient (Wildman–Crippen LogP) is 2.52. The van der Waals surface area contributed by atoms with Gasteiger partial charge in [-0.05, 0) is 52.9 Å². The van der Waals surface area contributed by atoms with Gasteiger partial charge in [0.25, 0.3) is 0 Å². The van der Waals surface area contributed by atoms with E-state index in [0.29, 0.717) is 24.9 Å². The molecule has 1 fully saturated rings. The number of aliphatic carboxylic acids is 1. The summed E-state index contributed by atoms with van der Waals surface area (Å²) in [6.07, 6.45) is 3.69. The fourth-order valence-electron chi connectivity index (χ4n) is 2.82. The molecule has 0 radical (unpaired) electrons. The summed E-state index contributed by atoms with van der Waals surface area (Å²) in [5.41, 5.74) is -0.483. The molecule has 0 aliphatic heterocycles. The Hall–Kier alpha value is -1.30. The van der Waals surface area contributed by atoms with Crippen molar-refractivity contribution in [2.24, 2.45) is 5.92 Å². The molecule has 0 saturated heterocycles. The molecule has 0 bridgehead atoms. The average molecular weight is 314 g/mol. The molecule has 1 aliphatic rings. The zero-order valence-electron chi connectivity index (χ0n) is 14.1. The summed E-state index contributed by atoms with van der Waals surface area (Å²) in [7, 11) is 0. The van der Waals surface area contributed by atoms with E-state index >= 15 is 0 Å². The first-order chi connectivity index (χ1) is 10.2. The lowest BCUT2D eigenvalue weighted by Gasteiger charge is -2.26. The maximum Gasteiger partial charge on any atom is 0.407 e. The Kier molecular flexibility index (Phi) is 7.13. The van der Waals surface area contributed by atoms with E-state index in [9.17, 15) is 9.59 Å². The lowest BCUT2D eigenvalue weighted by atomic mass is 10.0. The molecule has 0 aromatic heterocycles. The Morgan fingerprint density at radius 3 is 2.59 bits per heavy atom. The molecule has 22 heavy (non-hydrogen) atoms. The van der Waals surface area contributed by atoms with E-state index in [2.05, 4.69) is 10.6 Å². The molecule has 1 rings (SSSR count). The molecule has 128 valence electrons. The molecule has 0 heterocycles. The number of nitrogens with one attached hydrogen (secondary N) is 2. The molecule has 0 spiro atoms. The molecule has 3 N–H and O–H groups in total. The van der Waals surface area contributed by atoms with Crippen molar-refractivity contribution in [3.05, 3.63) is 0 Å². The Bertz CT molecular complexity index is 379. The largest absolute Gasteiger partial charge is 0.481 e. The second-order valence-electron chi connectivity index (χ2n) is 7.18. The van der Waals surface area contributed by atoms with Gasteiger partial charge in [0.05, 0.1) is 0 Å². The number of carbonyl (C=O) groups excluding carboxylic acids is 1. The monoisotopic (exact) mass is 314 g/mol. The van der Waals surface area contributed by atoms with Gasteiger partial charge in [-0.25, -0.2) is 4.79 Å². The van der Waals surface area contributed by atoms with Crippen molar-refractivity contribution in [2.45, 2.75) is 77.5 Å². The first-order valence-electron chi connectivity index (χ1n) is 8.12. The summed E-state index contributed by atoms with van der Waals surface area (Å²) in [5.74, 6) is -0.386. The van der Waals surface area contributed by atoms with Gasteiger partial charge in [-0.1, -0.05) is 6.42 Å². The number of carbonyl (C=O) groups is 2. The summed E-state index contributed by atoms with van der Waals surface area (Å²) in [4.78, 5) is 22.3. The Labute approximate surface area is 133 Å². The molecule has 0 aromatic rings. The fourth-order valence-corrected chi connectivity index (χ4v) is 2.82. The van der Waals surface area contributed by atoms with Crippen LogP contribution in [0.4, 0.5) is 4.79 Å². The van der Waals surface area contributed by atoms with Crippen LogP contribution in [0.2, 0.25) is 0 Å². The highest BCUT2D eigenvalue weighted by atomic mass is 16.6. The quantitative estimate of drug-likeness (QED) is 0.672. The highest BCUT2D eigenvalue weighted by Crippen LogP contribution is 2.26. The van der Waals surface area contributed by atoms with Crippen LogP contribution in [0.3, 0.4) is 0 Å². The van der Waals surface area contributed by atoms with E-state index in [1.54, 1.807) is 0 Å². The maximum absolute atomic E-state index is 11.7.